The average Bonchev–Trinajstić information content (AvgIpc) is 2.97. The van der Waals surface area contributed by atoms with Crippen molar-refractivity contribution >= 4 is 11.4 Å². The molecule has 1 N–H and O–H groups in total. The Kier molecular flexibility index (Phi) is 2.51. The molecule has 0 aromatic carbocycles. The molecule has 1 fully saturated rings. The summed E-state index contributed by atoms with van der Waals surface area (Å²) in [5, 5.41) is 7.08. The second kappa shape index (κ2) is 4.16. The molecule has 0 radical (unpaired) electrons. The second-order valence-corrected chi connectivity index (χ2v) is 4.40. The number of aromatic nitrogens is 3. The van der Waals surface area contributed by atoms with Crippen molar-refractivity contribution < 1.29 is 4.79 Å². The van der Waals surface area contributed by atoms with Crippen molar-refractivity contribution in [3.63, 3.8) is 0 Å². The van der Waals surface area contributed by atoms with E-state index in [1.807, 2.05) is 18.3 Å². The highest BCUT2D eigenvalue weighted by molar-refractivity contribution is 5.98. The fourth-order valence-electron chi connectivity index (χ4n) is 2.36. The van der Waals surface area contributed by atoms with Gasteiger partial charge in [0, 0.05) is 12.2 Å². The van der Waals surface area contributed by atoms with E-state index in [-0.39, 0.29) is 5.91 Å². The number of hydrogen-bond donors (Lipinski definition) is 1. The summed E-state index contributed by atoms with van der Waals surface area (Å²) < 4.78 is 1.66. The average molecular weight is 230 g/mol. The highest BCUT2D eigenvalue weighted by atomic mass is 16.2. The van der Waals surface area contributed by atoms with E-state index in [9.17, 15) is 4.79 Å². The first-order chi connectivity index (χ1) is 8.34. The number of carbonyl (C=O) groups is 1. The van der Waals surface area contributed by atoms with Gasteiger partial charge in [0.05, 0.1) is 5.52 Å². The lowest BCUT2D eigenvalue weighted by atomic mass is 10.2. The van der Waals surface area contributed by atoms with Crippen molar-refractivity contribution in [2.45, 2.75) is 31.7 Å². The first kappa shape index (κ1) is 10.3. The SMILES string of the molecule is O=C(NC1CCCC1)c1ncnn2cccc12. The Labute approximate surface area is 98.9 Å². The zero-order valence-electron chi connectivity index (χ0n) is 9.47. The lowest BCUT2D eigenvalue weighted by Gasteiger charge is -2.11. The van der Waals surface area contributed by atoms with Crippen LogP contribution < -0.4 is 5.32 Å². The molecule has 5 heteroatoms. The van der Waals surface area contributed by atoms with Crippen molar-refractivity contribution in [1.29, 1.82) is 0 Å². The topological polar surface area (TPSA) is 59.3 Å². The van der Waals surface area contributed by atoms with Gasteiger partial charge >= 0.3 is 0 Å². The minimum Gasteiger partial charge on any atom is -0.348 e. The Morgan fingerprint density at radius 2 is 2.24 bits per heavy atom. The smallest absolute Gasteiger partial charge is 0.272 e. The standard InChI is InChI=1S/C12H14N4O/c17-12(15-9-4-1-2-5-9)11-10-6-3-7-16(10)14-8-13-11/h3,6-9H,1-2,4-5H2,(H,15,17). The highest BCUT2D eigenvalue weighted by Crippen LogP contribution is 2.18. The fraction of sp³-hybridized carbons (Fsp3) is 0.417. The maximum Gasteiger partial charge on any atom is 0.272 e. The van der Waals surface area contributed by atoms with Gasteiger partial charge in [0.2, 0.25) is 0 Å². The summed E-state index contributed by atoms with van der Waals surface area (Å²) in [5.41, 5.74) is 1.21. The van der Waals surface area contributed by atoms with Crippen molar-refractivity contribution in [1.82, 2.24) is 19.9 Å². The van der Waals surface area contributed by atoms with Gasteiger partial charge in [-0.1, -0.05) is 12.8 Å². The monoisotopic (exact) mass is 230 g/mol. The van der Waals surface area contributed by atoms with E-state index in [0.29, 0.717) is 11.7 Å². The molecule has 0 unspecified atom stereocenters. The van der Waals surface area contributed by atoms with Crippen molar-refractivity contribution in [3.05, 3.63) is 30.4 Å². The summed E-state index contributed by atoms with van der Waals surface area (Å²) >= 11 is 0. The summed E-state index contributed by atoms with van der Waals surface area (Å²) in [7, 11) is 0. The van der Waals surface area contributed by atoms with Crippen LogP contribution in [0.5, 0.6) is 0 Å². The summed E-state index contributed by atoms with van der Waals surface area (Å²) in [4.78, 5) is 16.2. The van der Waals surface area contributed by atoms with E-state index >= 15 is 0 Å². The summed E-state index contributed by atoms with van der Waals surface area (Å²) in [5.74, 6) is -0.0944. The first-order valence-electron chi connectivity index (χ1n) is 5.94. The van der Waals surface area contributed by atoms with Gasteiger partial charge in [0.15, 0.2) is 5.69 Å². The molecular weight excluding hydrogens is 216 g/mol. The molecule has 1 amide bonds. The largest absolute Gasteiger partial charge is 0.348 e. The number of nitrogens with zero attached hydrogens (tertiary/aromatic N) is 3. The molecule has 17 heavy (non-hydrogen) atoms. The van der Waals surface area contributed by atoms with Crippen LogP contribution in [0.25, 0.3) is 5.52 Å². The predicted molar refractivity (Wildman–Crippen MR) is 62.7 cm³/mol. The second-order valence-electron chi connectivity index (χ2n) is 4.40. The zero-order chi connectivity index (χ0) is 11.7. The molecule has 0 saturated heterocycles. The zero-order valence-corrected chi connectivity index (χ0v) is 9.47. The van der Waals surface area contributed by atoms with Gasteiger partial charge in [-0.3, -0.25) is 4.79 Å². The molecule has 2 aromatic heterocycles. The van der Waals surface area contributed by atoms with E-state index in [2.05, 4.69) is 15.4 Å². The molecule has 5 nitrogen and oxygen atoms in total. The van der Waals surface area contributed by atoms with Crippen LogP contribution >= 0.6 is 0 Å². The van der Waals surface area contributed by atoms with Crippen molar-refractivity contribution in [2.24, 2.45) is 0 Å². The van der Waals surface area contributed by atoms with Crippen molar-refractivity contribution in [3.8, 4) is 0 Å². The normalized spacial score (nSPS) is 16.5. The molecule has 1 saturated carbocycles. The minimum absolute atomic E-state index is 0.0944. The van der Waals surface area contributed by atoms with Crippen LogP contribution in [0, 0.1) is 0 Å². The van der Waals surface area contributed by atoms with Gasteiger partial charge < -0.3 is 5.32 Å². The molecule has 3 rings (SSSR count). The number of carbonyl (C=O) groups excluding carboxylic acids is 1. The Morgan fingerprint density at radius 3 is 3.06 bits per heavy atom. The Bertz CT molecular complexity index is 542. The van der Waals surface area contributed by atoms with Gasteiger partial charge in [-0.15, -0.1) is 0 Å². The summed E-state index contributed by atoms with van der Waals surface area (Å²) in [6.45, 7) is 0. The van der Waals surface area contributed by atoms with E-state index in [1.54, 1.807) is 4.52 Å². The maximum absolute atomic E-state index is 12.1. The molecular formula is C12H14N4O. The van der Waals surface area contributed by atoms with Gasteiger partial charge in [-0.25, -0.2) is 9.50 Å². The quantitative estimate of drug-likeness (QED) is 0.848. The van der Waals surface area contributed by atoms with E-state index in [1.165, 1.54) is 19.2 Å². The molecule has 2 aromatic rings. The predicted octanol–water partition coefficient (Wildman–Crippen LogP) is 1.40. The van der Waals surface area contributed by atoms with Crippen LogP contribution in [0.2, 0.25) is 0 Å². The van der Waals surface area contributed by atoms with Crippen LogP contribution in [-0.4, -0.2) is 26.5 Å². The third-order valence-corrected chi connectivity index (χ3v) is 3.24. The molecule has 2 heterocycles. The van der Waals surface area contributed by atoms with E-state index in [0.717, 1.165) is 18.4 Å². The summed E-state index contributed by atoms with van der Waals surface area (Å²) in [6, 6.07) is 4.02. The summed E-state index contributed by atoms with van der Waals surface area (Å²) in [6.07, 6.45) is 7.78. The van der Waals surface area contributed by atoms with Gasteiger partial charge in [0.25, 0.3) is 5.91 Å². The number of nitrogens with one attached hydrogen (secondary N) is 1. The van der Waals surface area contributed by atoms with E-state index < -0.39 is 0 Å². The lowest BCUT2D eigenvalue weighted by molar-refractivity contribution is 0.0934. The molecule has 0 bridgehead atoms. The molecule has 0 aliphatic heterocycles. The Balaban J connectivity index is 1.87. The lowest BCUT2D eigenvalue weighted by Crippen LogP contribution is -2.33. The van der Waals surface area contributed by atoms with E-state index in [4.69, 9.17) is 0 Å². The van der Waals surface area contributed by atoms with Crippen molar-refractivity contribution in [2.75, 3.05) is 0 Å². The number of hydrogen-bond acceptors (Lipinski definition) is 3. The van der Waals surface area contributed by atoms with Crippen LogP contribution in [0.1, 0.15) is 36.2 Å². The molecule has 0 atom stereocenters. The highest BCUT2D eigenvalue weighted by Gasteiger charge is 2.20. The van der Waals surface area contributed by atoms with Crippen LogP contribution in [0.15, 0.2) is 24.7 Å². The Morgan fingerprint density at radius 1 is 1.41 bits per heavy atom. The van der Waals surface area contributed by atoms with Crippen LogP contribution in [0.4, 0.5) is 0 Å². The number of fused-ring (bicyclic) bond motifs is 1. The third kappa shape index (κ3) is 1.88. The van der Waals surface area contributed by atoms with Crippen LogP contribution in [-0.2, 0) is 0 Å². The van der Waals surface area contributed by atoms with Crippen LogP contribution in [0.3, 0.4) is 0 Å². The van der Waals surface area contributed by atoms with Gasteiger partial charge in [0.1, 0.15) is 6.33 Å². The molecule has 1 aliphatic rings. The minimum atomic E-state index is -0.0944. The third-order valence-electron chi connectivity index (χ3n) is 3.24. The van der Waals surface area contributed by atoms with Gasteiger partial charge in [-0.2, -0.15) is 5.10 Å². The maximum atomic E-state index is 12.1. The fourth-order valence-corrected chi connectivity index (χ4v) is 2.36. The molecule has 1 aliphatic carbocycles. The Hall–Kier alpha value is -1.91. The van der Waals surface area contributed by atoms with Gasteiger partial charge in [-0.05, 0) is 25.0 Å². The molecule has 0 spiro atoms. The number of amides is 1. The first-order valence-corrected chi connectivity index (χ1v) is 5.94. The number of rotatable bonds is 2. The molecule has 88 valence electrons.